The van der Waals surface area contributed by atoms with E-state index in [0.29, 0.717) is 18.4 Å². The first-order valence-corrected chi connectivity index (χ1v) is 9.80. The second-order valence-corrected chi connectivity index (χ2v) is 7.03. The molecule has 2 atom stereocenters. The van der Waals surface area contributed by atoms with Crippen LogP contribution in [0.4, 0.5) is 0 Å². The van der Waals surface area contributed by atoms with Crippen LogP contribution in [0.3, 0.4) is 0 Å². The lowest BCUT2D eigenvalue weighted by molar-refractivity contribution is 0.0774. The third-order valence-corrected chi connectivity index (χ3v) is 5.27. The molecule has 2 saturated heterocycles. The lowest BCUT2D eigenvalue weighted by Crippen LogP contribution is -2.36. The molecule has 2 fully saturated rings. The van der Waals surface area contributed by atoms with Crippen LogP contribution in [0.1, 0.15) is 56.0 Å². The van der Waals surface area contributed by atoms with Gasteiger partial charge in [-0.25, -0.2) is 0 Å². The van der Waals surface area contributed by atoms with Crippen LogP contribution < -0.4 is 9.47 Å². The lowest BCUT2D eigenvalue weighted by Gasteiger charge is -2.33. The largest absolute Gasteiger partial charge is 0.493 e. The summed E-state index contributed by atoms with van der Waals surface area (Å²) in [5.74, 6) is 2.86. The summed E-state index contributed by atoms with van der Waals surface area (Å²) in [6.45, 7) is 3.18. The average Bonchev–Trinajstić information content (AvgIpc) is 3.40. The standard InChI is InChI=1S/C20H27N3O4/c1-24-16-8-2-3-9-17(16)26-14-12-23-11-5-4-7-15(23)19-21-22-20(27-19)18-10-6-13-25-18/h2-3,8-9,15,18H,4-7,10-14H2,1H3/t15-,18-/m1/s1. The molecule has 7 heteroatoms. The summed E-state index contributed by atoms with van der Waals surface area (Å²) in [4.78, 5) is 2.38. The molecule has 146 valence electrons. The predicted octanol–water partition coefficient (Wildman–Crippen LogP) is 3.54. The minimum Gasteiger partial charge on any atom is -0.493 e. The van der Waals surface area contributed by atoms with Crippen LogP contribution in [-0.4, -0.2) is 48.5 Å². The number of aromatic nitrogens is 2. The molecule has 0 radical (unpaired) electrons. The van der Waals surface area contributed by atoms with Crippen LogP contribution in [0.5, 0.6) is 11.5 Å². The van der Waals surface area contributed by atoms with Gasteiger partial charge in [0, 0.05) is 13.2 Å². The van der Waals surface area contributed by atoms with Crippen LogP contribution in [0.15, 0.2) is 28.7 Å². The van der Waals surface area contributed by atoms with E-state index in [4.69, 9.17) is 18.6 Å². The van der Waals surface area contributed by atoms with Crippen molar-refractivity contribution >= 4 is 0 Å². The molecule has 2 aromatic rings. The topological polar surface area (TPSA) is 69.9 Å². The van der Waals surface area contributed by atoms with Crippen molar-refractivity contribution in [1.29, 1.82) is 0 Å². The van der Waals surface area contributed by atoms with Gasteiger partial charge in [-0.05, 0) is 44.4 Å². The number of benzene rings is 1. The Kier molecular flexibility index (Phi) is 5.89. The molecule has 2 aliphatic heterocycles. The Balaban J connectivity index is 1.37. The van der Waals surface area contributed by atoms with Crippen LogP contribution in [-0.2, 0) is 4.74 Å². The zero-order chi connectivity index (χ0) is 18.5. The number of likely N-dealkylation sites (tertiary alicyclic amines) is 1. The smallest absolute Gasteiger partial charge is 0.245 e. The van der Waals surface area contributed by atoms with E-state index in [0.717, 1.165) is 50.5 Å². The maximum atomic E-state index is 5.99. The molecule has 3 heterocycles. The number of rotatable bonds is 7. The SMILES string of the molecule is COc1ccccc1OCCN1CCCC[C@@H]1c1nnc([C@H]2CCCO2)o1. The van der Waals surface area contributed by atoms with E-state index in [9.17, 15) is 0 Å². The van der Waals surface area contributed by atoms with Crippen molar-refractivity contribution in [2.24, 2.45) is 0 Å². The number of methoxy groups -OCH3 is 1. The first-order chi connectivity index (χ1) is 13.3. The second kappa shape index (κ2) is 8.71. The van der Waals surface area contributed by atoms with Gasteiger partial charge in [-0.15, -0.1) is 10.2 Å². The van der Waals surface area contributed by atoms with E-state index >= 15 is 0 Å². The molecular formula is C20H27N3O4. The van der Waals surface area contributed by atoms with Gasteiger partial charge in [0.2, 0.25) is 11.8 Å². The van der Waals surface area contributed by atoms with Gasteiger partial charge in [-0.1, -0.05) is 18.6 Å². The predicted molar refractivity (Wildman–Crippen MR) is 98.9 cm³/mol. The summed E-state index contributed by atoms with van der Waals surface area (Å²) >= 11 is 0. The summed E-state index contributed by atoms with van der Waals surface area (Å²) in [6, 6.07) is 7.88. The quantitative estimate of drug-likeness (QED) is 0.735. The van der Waals surface area contributed by atoms with Gasteiger partial charge < -0.3 is 18.6 Å². The van der Waals surface area contributed by atoms with Gasteiger partial charge in [-0.2, -0.15) is 0 Å². The summed E-state index contributed by atoms with van der Waals surface area (Å²) < 4.78 is 22.9. The first kappa shape index (κ1) is 18.3. The Morgan fingerprint density at radius 2 is 1.93 bits per heavy atom. The van der Waals surface area contributed by atoms with Crippen LogP contribution in [0.25, 0.3) is 0 Å². The number of hydrogen-bond donors (Lipinski definition) is 0. The highest BCUT2D eigenvalue weighted by molar-refractivity contribution is 5.39. The van der Waals surface area contributed by atoms with E-state index in [1.165, 1.54) is 12.8 Å². The Morgan fingerprint density at radius 3 is 2.74 bits per heavy atom. The fourth-order valence-electron chi connectivity index (χ4n) is 3.83. The van der Waals surface area contributed by atoms with Crippen LogP contribution >= 0.6 is 0 Å². The molecule has 0 amide bonds. The molecule has 0 spiro atoms. The third kappa shape index (κ3) is 4.25. The maximum Gasteiger partial charge on any atom is 0.245 e. The van der Waals surface area contributed by atoms with Crippen molar-refractivity contribution in [3.8, 4) is 11.5 Å². The molecule has 2 aliphatic rings. The number of ether oxygens (including phenoxy) is 3. The van der Waals surface area contributed by atoms with Gasteiger partial charge in [0.05, 0.1) is 13.2 Å². The zero-order valence-corrected chi connectivity index (χ0v) is 15.8. The Bertz CT molecular complexity index is 730. The molecular weight excluding hydrogens is 346 g/mol. The van der Waals surface area contributed by atoms with Crippen molar-refractivity contribution in [2.45, 2.75) is 44.2 Å². The van der Waals surface area contributed by atoms with Crippen molar-refractivity contribution in [3.05, 3.63) is 36.0 Å². The molecule has 0 bridgehead atoms. The van der Waals surface area contributed by atoms with Gasteiger partial charge >= 0.3 is 0 Å². The Labute approximate surface area is 159 Å². The molecule has 4 rings (SSSR count). The average molecular weight is 373 g/mol. The van der Waals surface area contributed by atoms with E-state index in [1.807, 2.05) is 24.3 Å². The maximum absolute atomic E-state index is 5.99. The van der Waals surface area contributed by atoms with E-state index in [2.05, 4.69) is 15.1 Å². The lowest BCUT2D eigenvalue weighted by atomic mass is 10.0. The Morgan fingerprint density at radius 1 is 1.07 bits per heavy atom. The fraction of sp³-hybridized carbons (Fsp3) is 0.600. The van der Waals surface area contributed by atoms with Crippen molar-refractivity contribution < 1.29 is 18.6 Å². The summed E-state index contributed by atoms with van der Waals surface area (Å²) in [5.41, 5.74) is 0. The minimum atomic E-state index is -0.0304. The van der Waals surface area contributed by atoms with Crippen molar-refractivity contribution in [3.63, 3.8) is 0 Å². The van der Waals surface area contributed by atoms with Crippen LogP contribution in [0.2, 0.25) is 0 Å². The van der Waals surface area contributed by atoms with Gasteiger partial charge in [0.25, 0.3) is 0 Å². The molecule has 0 aliphatic carbocycles. The molecule has 1 aromatic carbocycles. The highest BCUT2D eigenvalue weighted by Gasteiger charge is 2.30. The first-order valence-electron chi connectivity index (χ1n) is 9.80. The Hall–Kier alpha value is -2.12. The molecule has 0 N–H and O–H groups in total. The molecule has 1 aromatic heterocycles. The monoisotopic (exact) mass is 373 g/mol. The second-order valence-electron chi connectivity index (χ2n) is 7.03. The molecule has 27 heavy (non-hydrogen) atoms. The van der Waals surface area contributed by atoms with Gasteiger partial charge in [-0.3, -0.25) is 4.90 Å². The molecule has 7 nitrogen and oxygen atoms in total. The van der Waals surface area contributed by atoms with Crippen molar-refractivity contribution in [2.75, 3.05) is 33.4 Å². The number of nitrogens with zero attached hydrogens (tertiary/aromatic N) is 3. The zero-order valence-electron chi connectivity index (χ0n) is 15.8. The highest BCUT2D eigenvalue weighted by atomic mass is 16.5. The van der Waals surface area contributed by atoms with E-state index in [1.54, 1.807) is 7.11 Å². The summed E-state index contributed by atoms with van der Waals surface area (Å²) in [5, 5.41) is 8.57. The number of para-hydroxylation sites is 2. The van der Waals surface area contributed by atoms with E-state index in [-0.39, 0.29) is 12.1 Å². The van der Waals surface area contributed by atoms with Gasteiger partial charge in [0.15, 0.2) is 11.5 Å². The summed E-state index contributed by atoms with van der Waals surface area (Å²) in [7, 11) is 1.66. The molecule has 0 unspecified atom stereocenters. The summed E-state index contributed by atoms with van der Waals surface area (Å²) in [6.07, 6.45) is 5.37. The highest BCUT2D eigenvalue weighted by Crippen LogP contribution is 2.33. The third-order valence-electron chi connectivity index (χ3n) is 5.27. The fourth-order valence-corrected chi connectivity index (χ4v) is 3.83. The van der Waals surface area contributed by atoms with Gasteiger partial charge in [0.1, 0.15) is 12.7 Å². The minimum absolute atomic E-state index is 0.0304. The van der Waals surface area contributed by atoms with Crippen molar-refractivity contribution in [1.82, 2.24) is 15.1 Å². The van der Waals surface area contributed by atoms with Crippen LogP contribution in [0, 0.1) is 0 Å². The normalized spacial score (nSPS) is 23.4. The molecule has 0 saturated carbocycles. The number of hydrogen-bond acceptors (Lipinski definition) is 7. The van der Waals surface area contributed by atoms with E-state index < -0.39 is 0 Å². The number of piperidine rings is 1.